The molecule has 0 radical (unpaired) electrons. The number of nitrogens with one attached hydrogen (secondary N) is 1. The number of benzene rings is 1. The lowest BCUT2D eigenvalue weighted by Gasteiger charge is -2.34. The van der Waals surface area contributed by atoms with Crippen LogP contribution >= 0.6 is 0 Å². The van der Waals surface area contributed by atoms with Crippen molar-refractivity contribution in [2.45, 2.75) is 26.0 Å². The molecule has 1 atom stereocenters. The van der Waals surface area contributed by atoms with Crippen LogP contribution in [-0.2, 0) is 11.3 Å². The monoisotopic (exact) mass is 270 g/mol. The Bertz CT molecular complexity index is 416. The molecule has 3 nitrogen and oxygen atoms in total. The molecule has 1 aliphatic heterocycles. The summed E-state index contributed by atoms with van der Waals surface area (Å²) < 4.78 is 33.7. The standard InChI is InChI=1S/C14H20F2N2O/c1-3-11-9-18(4-5-19-11)14-12(15)6-10(8-17-2)7-13(14)16/h6-7,11,17H,3-5,8-9H2,1-2H3. The first-order chi connectivity index (χ1) is 9.15. The molecule has 1 N–H and O–H groups in total. The number of ether oxygens (including phenoxy) is 1. The number of rotatable bonds is 4. The van der Waals surface area contributed by atoms with Crippen LogP contribution in [0.15, 0.2) is 12.1 Å². The van der Waals surface area contributed by atoms with Gasteiger partial charge in [-0.2, -0.15) is 0 Å². The summed E-state index contributed by atoms with van der Waals surface area (Å²) in [6, 6.07) is 2.79. The maximum atomic E-state index is 14.1. The van der Waals surface area contributed by atoms with Gasteiger partial charge in [-0.05, 0) is 31.2 Å². The van der Waals surface area contributed by atoms with Crippen LogP contribution < -0.4 is 10.2 Å². The van der Waals surface area contributed by atoms with Crippen molar-refractivity contribution in [1.29, 1.82) is 0 Å². The largest absolute Gasteiger partial charge is 0.375 e. The lowest BCUT2D eigenvalue weighted by molar-refractivity contribution is 0.0380. The van der Waals surface area contributed by atoms with Crippen molar-refractivity contribution >= 4 is 5.69 Å². The van der Waals surface area contributed by atoms with E-state index >= 15 is 0 Å². The third kappa shape index (κ3) is 3.22. The van der Waals surface area contributed by atoms with Gasteiger partial charge in [0.25, 0.3) is 0 Å². The third-order valence-electron chi connectivity index (χ3n) is 3.37. The predicted octanol–water partition coefficient (Wildman–Crippen LogP) is 2.30. The second-order valence-electron chi connectivity index (χ2n) is 4.79. The molecular formula is C14H20F2N2O. The molecule has 2 rings (SSSR count). The van der Waals surface area contributed by atoms with Gasteiger partial charge in [0.15, 0.2) is 0 Å². The van der Waals surface area contributed by atoms with Crippen LogP contribution in [0.2, 0.25) is 0 Å². The van der Waals surface area contributed by atoms with Crippen LogP contribution in [-0.4, -0.2) is 32.8 Å². The lowest BCUT2D eigenvalue weighted by atomic mass is 10.1. The summed E-state index contributed by atoms with van der Waals surface area (Å²) in [5.74, 6) is -0.996. The van der Waals surface area contributed by atoms with Gasteiger partial charge in [0.1, 0.15) is 17.3 Å². The van der Waals surface area contributed by atoms with Crippen molar-refractivity contribution in [3.63, 3.8) is 0 Å². The van der Waals surface area contributed by atoms with Crippen LogP contribution in [0.3, 0.4) is 0 Å². The van der Waals surface area contributed by atoms with E-state index in [1.165, 1.54) is 12.1 Å². The van der Waals surface area contributed by atoms with Crippen molar-refractivity contribution in [2.75, 3.05) is 31.6 Å². The van der Waals surface area contributed by atoms with Crippen LogP contribution in [0.25, 0.3) is 0 Å². The first-order valence-corrected chi connectivity index (χ1v) is 6.64. The quantitative estimate of drug-likeness (QED) is 0.908. The van der Waals surface area contributed by atoms with E-state index < -0.39 is 11.6 Å². The average Bonchev–Trinajstić information content (AvgIpc) is 2.38. The lowest BCUT2D eigenvalue weighted by Crippen LogP contribution is -2.43. The Labute approximate surface area is 112 Å². The topological polar surface area (TPSA) is 24.5 Å². The molecule has 1 saturated heterocycles. The van der Waals surface area contributed by atoms with Gasteiger partial charge in [0, 0.05) is 19.6 Å². The second kappa shape index (κ2) is 6.30. The highest BCUT2D eigenvalue weighted by Gasteiger charge is 2.24. The Morgan fingerprint density at radius 1 is 1.37 bits per heavy atom. The van der Waals surface area contributed by atoms with Gasteiger partial charge in [0.2, 0.25) is 0 Å². The summed E-state index contributed by atoms with van der Waals surface area (Å²) in [7, 11) is 1.75. The molecule has 5 heteroatoms. The highest BCUT2D eigenvalue weighted by molar-refractivity contribution is 5.51. The SMILES string of the molecule is CCC1CN(c2c(F)cc(CNC)cc2F)CCO1. The highest BCUT2D eigenvalue weighted by Crippen LogP contribution is 2.27. The number of morpholine rings is 1. The van der Waals surface area contributed by atoms with E-state index in [1.807, 2.05) is 6.92 Å². The van der Waals surface area contributed by atoms with E-state index in [1.54, 1.807) is 11.9 Å². The van der Waals surface area contributed by atoms with E-state index in [0.29, 0.717) is 31.8 Å². The first kappa shape index (κ1) is 14.2. The molecule has 0 aromatic heterocycles. The van der Waals surface area contributed by atoms with Gasteiger partial charge >= 0.3 is 0 Å². The van der Waals surface area contributed by atoms with Crippen LogP contribution in [0.4, 0.5) is 14.5 Å². The maximum absolute atomic E-state index is 14.1. The van der Waals surface area contributed by atoms with E-state index in [9.17, 15) is 8.78 Å². The second-order valence-corrected chi connectivity index (χ2v) is 4.79. The molecule has 0 amide bonds. The molecule has 1 heterocycles. The molecule has 106 valence electrons. The third-order valence-corrected chi connectivity index (χ3v) is 3.37. The molecule has 1 aromatic carbocycles. The van der Waals surface area contributed by atoms with Crippen LogP contribution in [0.1, 0.15) is 18.9 Å². The number of halogens is 2. The van der Waals surface area contributed by atoms with Gasteiger partial charge in [-0.25, -0.2) is 8.78 Å². The molecule has 0 aliphatic carbocycles. The van der Waals surface area contributed by atoms with Crippen molar-refractivity contribution in [3.05, 3.63) is 29.3 Å². The van der Waals surface area contributed by atoms with E-state index in [0.717, 1.165) is 6.42 Å². The average molecular weight is 270 g/mol. The Hall–Kier alpha value is -1.20. The minimum absolute atomic E-state index is 0.0459. The molecule has 0 bridgehead atoms. The van der Waals surface area contributed by atoms with Crippen molar-refractivity contribution < 1.29 is 13.5 Å². The summed E-state index contributed by atoms with van der Waals surface area (Å²) in [6.07, 6.45) is 0.891. The Morgan fingerprint density at radius 2 is 2.05 bits per heavy atom. The van der Waals surface area contributed by atoms with Crippen LogP contribution in [0, 0.1) is 11.6 Å². The molecule has 0 saturated carbocycles. The van der Waals surface area contributed by atoms with Gasteiger partial charge < -0.3 is 15.0 Å². The van der Waals surface area contributed by atoms with E-state index in [4.69, 9.17) is 4.74 Å². The molecule has 1 fully saturated rings. The van der Waals surface area contributed by atoms with Gasteiger partial charge in [0.05, 0.1) is 12.7 Å². The molecule has 1 aromatic rings. The summed E-state index contributed by atoms with van der Waals surface area (Å²) in [4.78, 5) is 1.74. The fourth-order valence-corrected chi connectivity index (χ4v) is 2.40. The van der Waals surface area contributed by atoms with Gasteiger partial charge in [-0.3, -0.25) is 0 Å². The van der Waals surface area contributed by atoms with Gasteiger partial charge in [-0.1, -0.05) is 6.92 Å². The van der Waals surface area contributed by atoms with Crippen molar-refractivity contribution in [2.24, 2.45) is 0 Å². The molecule has 19 heavy (non-hydrogen) atoms. The molecule has 0 spiro atoms. The Morgan fingerprint density at radius 3 is 2.63 bits per heavy atom. The van der Waals surface area contributed by atoms with Crippen LogP contribution in [0.5, 0.6) is 0 Å². The Balaban J connectivity index is 2.24. The smallest absolute Gasteiger partial charge is 0.149 e. The maximum Gasteiger partial charge on any atom is 0.149 e. The summed E-state index contributed by atoms with van der Waals surface area (Å²) in [5.41, 5.74) is 0.683. The van der Waals surface area contributed by atoms with E-state index in [2.05, 4.69) is 5.32 Å². The molecule has 1 unspecified atom stereocenters. The Kier molecular flexibility index (Phi) is 4.71. The van der Waals surface area contributed by atoms with Crippen molar-refractivity contribution in [1.82, 2.24) is 5.32 Å². The summed E-state index contributed by atoms with van der Waals surface area (Å²) in [5, 5.41) is 2.89. The number of anilines is 1. The summed E-state index contributed by atoms with van der Waals surface area (Å²) in [6.45, 7) is 4.03. The zero-order valence-electron chi connectivity index (χ0n) is 11.4. The minimum Gasteiger partial charge on any atom is -0.375 e. The summed E-state index contributed by atoms with van der Waals surface area (Å²) >= 11 is 0. The molecule has 1 aliphatic rings. The van der Waals surface area contributed by atoms with E-state index in [-0.39, 0.29) is 11.8 Å². The highest BCUT2D eigenvalue weighted by atomic mass is 19.1. The molecular weight excluding hydrogens is 250 g/mol. The zero-order chi connectivity index (χ0) is 13.8. The van der Waals surface area contributed by atoms with Gasteiger partial charge in [-0.15, -0.1) is 0 Å². The number of hydrogen-bond donors (Lipinski definition) is 1. The predicted molar refractivity (Wildman–Crippen MR) is 71.4 cm³/mol. The number of nitrogens with zero attached hydrogens (tertiary/aromatic N) is 1. The first-order valence-electron chi connectivity index (χ1n) is 6.64. The minimum atomic E-state index is -0.498. The normalized spacial score (nSPS) is 19.8. The zero-order valence-corrected chi connectivity index (χ0v) is 11.4. The fourth-order valence-electron chi connectivity index (χ4n) is 2.40. The van der Waals surface area contributed by atoms with Crippen molar-refractivity contribution in [3.8, 4) is 0 Å². The number of hydrogen-bond acceptors (Lipinski definition) is 3. The fraction of sp³-hybridized carbons (Fsp3) is 0.571.